The van der Waals surface area contributed by atoms with Crippen molar-refractivity contribution in [3.8, 4) is 6.07 Å². The number of ketones is 1. The molecule has 0 saturated carbocycles. The molecule has 25 heavy (non-hydrogen) atoms. The van der Waals surface area contributed by atoms with Crippen LogP contribution in [0.2, 0.25) is 0 Å². The van der Waals surface area contributed by atoms with Crippen molar-refractivity contribution < 1.29 is 13.9 Å². The van der Waals surface area contributed by atoms with Crippen molar-refractivity contribution in [3.05, 3.63) is 82.8 Å². The summed E-state index contributed by atoms with van der Waals surface area (Å²) in [4.78, 5) is 12.9. The van der Waals surface area contributed by atoms with Crippen LogP contribution < -0.4 is 5.73 Å². The lowest BCUT2D eigenvalue weighted by Gasteiger charge is -2.33. The number of ether oxygens (including phenoxy) is 1. The number of nitriles is 1. The minimum Gasteiger partial charge on any atom is -0.472 e. The molecule has 1 aliphatic carbocycles. The van der Waals surface area contributed by atoms with Gasteiger partial charge < -0.3 is 14.9 Å². The standard InChI is InChI=1S/C20H16N2O3/c21-10-15-18(13-6-7-24-11-13)19-16(23)8-14(9-17(19)25-20(15)22)12-4-2-1-3-5-12/h1-7,11,14,18H,8-9,22H2/t14-,18-/m1/s1. The lowest BCUT2D eigenvalue weighted by Crippen LogP contribution is -2.29. The average molecular weight is 332 g/mol. The molecular weight excluding hydrogens is 316 g/mol. The van der Waals surface area contributed by atoms with E-state index in [4.69, 9.17) is 14.9 Å². The largest absolute Gasteiger partial charge is 0.472 e. The van der Waals surface area contributed by atoms with Crippen molar-refractivity contribution in [2.24, 2.45) is 5.73 Å². The number of Topliss-reactive ketones (excluding diaryl/α,β-unsaturated/α-hetero) is 1. The van der Waals surface area contributed by atoms with Crippen molar-refractivity contribution in [2.75, 3.05) is 0 Å². The molecule has 0 unspecified atom stereocenters. The summed E-state index contributed by atoms with van der Waals surface area (Å²) in [6, 6.07) is 13.7. The number of nitrogens with two attached hydrogens (primary N) is 1. The van der Waals surface area contributed by atoms with Crippen molar-refractivity contribution in [3.63, 3.8) is 0 Å². The van der Waals surface area contributed by atoms with Crippen LogP contribution in [0.15, 0.2) is 76.1 Å². The summed E-state index contributed by atoms with van der Waals surface area (Å²) in [7, 11) is 0. The van der Waals surface area contributed by atoms with Gasteiger partial charge in [0.15, 0.2) is 5.78 Å². The molecule has 1 aromatic heterocycles. The Hall–Kier alpha value is -3.26. The fourth-order valence-electron chi connectivity index (χ4n) is 3.64. The number of carbonyl (C=O) groups is 1. The number of furan rings is 1. The highest BCUT2D eigenvalue weighted by molar-refractivity contribution is 6.00. The molecule has 0 spiro atoms. The average Bonchev–Trinajstić information content (AvgIpc) is 3.15. The second-order valence-electron chi connectivity index (χ2n) is 6.26. The normalized spacial score (nSPS) is 23.1. The maximum Gasteiger partial charge on any atom is 0.205 e. The fourth-order valence-corrected chi connectivity index (χ4v) is 3.64. The Labute approximate surface area is 145 Å². The van der Waals surface area contributed by atoms with Crippen LogP contribution in [0.3, 0.4) is 0 Å². The molecule has 2 aliphatic rings. The molecule has 0 saturated heterocycles. The highest BCUT2D eigenvalue weighted by Gasteiger charge is 2.41. The van der Waals surface area contributed by atoms with Gasteiger partial charge >= 0.3 is 0 Å². The zero-order valence-corrected chi connectivity index (χ0v) is 13.4. The number of allylic oxidation sites excluding steroid dienone is 3. The van der Waals surface area contributed by atoms with Gasteiger partial charge in [-0.05, 0) is 17.5 Å². The first-order valence-electron chi connectivity index (χ1n) is 8.10. The highest BCUT2D eigenvalue weighted by Crippen LogP contribution is 2.46. The van der Waals surface area contributed by atoms with E-state index in [0.717, 1.165) is 11.1 Å². The Balaban J connectivity index is 1.78. The van der Waals surface area contributed by atoms with Gasteiger partial charge in [-0.2, -0.15) is 5.26 Å². The predicted molar refractivity (Wildman–Crippen MR) is 89.8 cm³/mol. The summed E-state index contributed by atoms with van der Waals surface area (Å²) in [6.07, 6.45) is 4.04. The third-order valence-electron chi connectivity index (χ3n) is 4.81. The molecule has 0 bridgehead atoms. The number of hydrogen-bond acceptors (Lipinski definition) is 5. The number of hydrogen-bond donors (Lipinski definition) is 1. The van der Waals surface area contributed by atoms with Crippen molar-refractivity contribution in [1.82, 2.24) is 0 Å². The van der Waals surface area contributed by atoms with Crippen LogP contribution >= 0.6 is 0 Å². The first-order chi connectivity index (χ1) is 12.2. The zero-order chi connectivity index (χ0) is 17.4. The second-order valence-corrected chi connectivity index (χ2v) is 6.26. The van der Waals surface area contributed by atoms with E-state index in [2.05, 4.69) is 6.07 Å². The van der Waals surface area contributed by atoms with E-state index in [-0.39, 0.29) is 23.2 Å². The van der Waals surface area contributed by atoms with Gasteiger partial charge in [0, 0.05) is 24.0 Å². The molecule has 1 aromatic carbocycles. The Bertz CT molecular complexity index is 918. The van der Waals surface area contributed by atoms with Crippen molar-refractivity contribution in [2.45, 2.75) is 24.7 Å². The SMILES string of the molecule is N#CC1=C(N)OC2=C(C(=O)C[C@@H](c3ccccc3)C2)[C@@H]1c1ccoc1. The van der Waals surface area contributed by atoms with Crippen molar-refractivity contribution >= 4 is 5.78 Å². The summed E-state index contributed by atoms with van der Waals surface area (Å²) < 4.78 is 10.9. The third kappa shape index (κ3) is 2.52. The summed E-state index contributed by atoms with van der Waals surface area (Å²) in [5.74, 6) is 0.147. The topological polar surface area (TPSA) is 89.3 Å². The molecule has 1 aliphatic heterocycles. The first-order valence-corrected chi connectivity index (χ1v) is 8.10. The molecule has 5 heteroatoms. The van der Waals surface area contributed by atoms with Gasteiger partial charge in [-0.25, -0.2) is 0 Å². The van der Waals surface area contributed by atoms with E-state index in [0.29, 0.717) is 24.2 Å². The van der Waals surface area contributed by atoms with E-state index >= 15 is 0 Å². The maximum absolute atomic E-state index is 12.9. The van der Waals surface area contributed by atoms with E-state index in [1.165, 1.54) is 6.26 Å². The molecule has 4 rings (SSSR count). The Kier molecular flexibility index (Phi) is 3.66. The lowest BCUT2D eigenvalue weighted by molar-refractivity contribution is -0.117. The van der Waals surface area contributed by atoms with Gasteiger partial charge in [-0.3, -0.25) is 4.79 Å². The van der Waals surface area contributed by atoms with Gasteiger partial charge in [-0.15, -0.1) is 0 Å². The molecule has 2 atom stereocenters. The first kappa shape index (κ1) is 15.3. The third-order valence-corrected chi connectivity index (χ3v) is 4.81. The Morgan fingerprint density at radius 3 is 2.60 bits per heavy atom. The smallest absolute Gasteiger partial charge is 0.205 e. The zero-order valence-electron chi connectivity index (χ0n) is 13.4. The van der Waals surface area contributed by atoms with Crippen molar-refractivity contribution in [1.29, 1.82) is 5.26 Å². The Morgan fingerprint density at radius 2 is 1.92 bits per heavy atom. The molecule has 0 amide bonds. The number of carbonyl (C=O) groups excluding carboxylic acids is 1. The van der Waals surface area contributed by atoms with Crippen LogP contribution in [-0.2, 0) is 9.53 Å². The van der Waals surface area contributed by atoms with Crippen LogP contribution in [0.1, 0.15) is 35.8 Å². The Morgan fingerprint density at radius 1 is 1.12 bits per heavy atom. The lowest BCUT2D eigenvalue weighted by atomic mass is 9.74. The highest BCUT2D eigenvalue weighted by atomic mass is 16.5. The quantitative estimate of drug-likeness (QED) is 0.909. The minimum atomic E-state index is -0.517. The summed E-state index contributed by atoms with van der Waals surface area (Å²) in [5, 5.41) is 9.50. The fraction of sp³-hybridized carbons (Fsp3) is 0.200. The summed E-state index contributed by atoms with van der Waals surface area (Å²) in [6.45, 7) is 0. The van der Waals surface area contributed by atoms with Gasteiger partial charge in [-0.1, -0.05) is 30.3 Å². The van der Waals surface area contributed by atoms with Gasteiger partial charge in [0.25, 0.3) is 0 Å². The van der Waals surface area contributed by atoms with Crippen LogP contribution in [0.25, 0.3) is 0 Å². The molecule has 0 radical (unpaired) electrons. The number of benzene rings is 1. The van der Waals surface area contributed by atoms with Crippen LogP contribution in [0.4, 0.5) is 0 Å². The van der Waals surface area contributed by atoms with E-state index in [1.54, 1.807) is 12.3 Å². The van der Waals surface area contributed by atoms with E-state index in [9.17, 15) is 10.1 Å². The molecule has 2 N–H and O–H groups in total. The van der Waals surface area contributed by atoms with Gasteiger partial charge in [0.2, 0.25) is 5.88 Å². The van der Waals surface area contributed by atoms with Crippen LogP contribution in [0.5, 0.6) is 0 Å². The molecular formula is C20H16N2O3. The predicted octanol–water partition coefficient (Wildman–Crippen LogP) is 3.49. The molecule has 124 valence electrons. The van der Waals surface area contributed by atoms with Gasteiger partial charge in [0.1, 0.15) is 17.4 Å². The van der Waals surface area contributed by atoms with Crippen LogP contribution in [0, 0.1) is 11.3 Å². The number of rotatable bonds is 2. The summed E-state index contributed by atoms with van der Waals surface area (Å²) >= 11 is 0. The minimum absolute atomic E-state index is 0.0125. The number of nitrogens with zero attached hydrogens (tertiary/aromatic N) is 1. The molecule has 5 nitrogen and oxygen atoms in total. The maximum atomic E-state index is 12.9. The monoisotopic (exact) mass is 332 g/mol. The van der Waals surface area contributed by atoms with Crippen LogP contribution in [-0.4, -0.2) is 5.78 Å². The summed E-state index contributed by atoms with van der Waals surface area (Å²) in [5.41, 5.74) is 8.60. The molecule has 2 aromatic rings. The van der Waals surface area contributed by atoms with Gasteiger partial charge in [0.05, 0.1) is 18.4 Å². The molecule has 0 fully saturated rings. The molecule has 2 heterocycles. The van der Waals surface area contributed by atoms with E-state index in [1.807, 2.05) is 30.3 Å². The second kappa shape index (κ2) is 5.99. The van der Waals surface area contributed by atoms with E-state index < -0.39 is 5.92 Å².